The quantitative estimate of drug-likeness (QED) is 0.907. The zero-order chi connectivity index (χ0) is 12.4. The Morgan fingerprint density at radius 1 is 1.59 bits per heavy atom. The van der Waals surface area contributed by atoms with Crippen molar-refractivity contribution in [2.45, 2.75) is 19.8 Å². The maximum atomic E-state index is 13.5. The zero-order valence-corrected chi connectivity index (χ0v) is 11.3. The predicted octanol–water partition coefficient (Wildman–Crippen LogP) is 3.36. The summed E-state index contributed by atoms with van der Waals surface area (Å²) in [6.45, 7) is 2.73. The molecule has 1 unspecified atom stereocenters. The molecule has 1 aromatic rings. The normalized spacial score (nSPS) is 16.6. The molecule has 2 nitrogen and oxygen atoms in total. The van der Waals surface area contributed by atoms with Gasteiger partial charge in [0.15, 0.2) is 0 Å². The standard InChI is InChI=1S/C13H15BrFNO/c1-8(9-5-6-9)7-16-13(17)12-10(14)3-2-4-11(12)15/h2-4,8-9H,5-7H2,1H3,(H,16,17). The number of halogens is 2. The number of hydrogen-bond donors (Lipinski definition) is 1. The first-order valence-electron chi connectivity index (χ1n) is 5.82. The highest BCUT2D eigenvalue weighted by molar-refractivity contribution is 9.10. The summed E-state index contributed by atoms with van der Waals surface area (Å²) in [6.07, 6.45) is 2.50. The van der Waals surface area contributed by atoms with E-state index in [2.05, 4.69) is 28.2 Å². The van der Waals surface area contributed by atoms with Gasteiger partial charge in [0, 0.05) is 11.0 Å². The molecule has 1 fully saturated rings. The Morgan fingerprint density at radius 2 is 2.29 bits per heavy atom. The smallest absolute Gasteiger partial charge is 0.255 e. The summed E-state index contributed by atoms with van der Waals surface area (Å²) < 4.78 is 14.0. The minimum Gasteiger partial charge on any atom is -0.352 e. The monoisotopic (exact) mass is 299 g/mol. The van der Waals surface area contributed by atoms with E-state index in [1.54, 1.807) is 12.1 Å². The van der Waals surface area contributed by atoms with Crippen LogP contribution in [-0.4, -0.2) is 12.5 Å². The molecule has 0 radical (unpaired) electrons. The van der Waals surface area contributed by atoms with Crippen molar-refractivity contribution >= 4 is 21.8 Å². The van der Waals surface area contributed by atoms with E-state index in [0.29, 0.717) is 16.9 Å². The molecule has 92 valence electrons. The maximum absolute atomic E-state index is 13.5. The van der Waals surface area contributed by atoms with Gasteiger partial charge in [-0.1, -0.05) is 13.0 Å². The first kappa shape index (κ1) is 12.6. The third-order valence-corrected chi connectivity index (χ3v) is 3.86. The highest BCUT2D eigenvalue weighted by atomic mass is 79.9. The Balaban J connectivity index is 1.99. The van der Waals surface area contributed by atoms with Crippen molar-refractivity contribution in [1.82, 2.24) is 5.32 Å². The molecule has 1 atom stereocenters. The molecule has 17 heavy (non-hydrogen) atoms. The van der Waals surface area contributed by atoms with Crippen LogP contribution in [-0.2, 0) is 0 Å². The van der Waals surface area contributed by atoms with E-state index in [-0.39, 0.29) is 11.5 Å². The van der Waals surface area contributed by atoms with Gasteiger partial charge < -0.3 is 5.32 Å². The van der Waals surface area contributed by atoms with E-state index in [1.165, 1.54) is 18.9 Å². The van der Waals surface area contributed by atoms with Crippen LogP contribution in [0.15, 0.2) is 22.7 Å². The Hall–Kier alpha value is -0.900. The molecule has 0 heterocycles. The van der Waals surface area contributed by atoms with Crippen LogP contribution in [0.25, 0.3) is 0 Å². The summed E-state index contributed by atoms with van der Waals surface area (Å²) in [6, 6.07) is 4.54. The molecule has 1 amide bonds. The minimum absolute atomic E-state index is 0.0931. The second-order valence-electron chi connectivity index (χ2n) is 4.62. The van der Waals surface area contributed by atoms with Crippen molar-refractivity contribution in [1.29, 1.82) is 0 Å². The molecular formula is C13H15BrFNO. The van der Waals surface area contributed by atoms with Crippen molar-refractivity contribution < 1.29 is 9.18 Å². The maximum Gasteiger partial charge on any atom is 0.255 e. The summed E-state index contributed by atoms with van der Waals surface area (Å²) in [7, 11) is 0. The summed E-state index contributed by atoms with van der Waals surface area (Å²) >= 11 is 3.20. The lowest BCUT2D eigenvalue weighted by Gasteiger charge is -2.12. The van der Waals surface area contributed by atoms with Gasteiger partial charge in [0.1, 0.15) is 5.82 Å². The fraction of sp³-hybridized carbons (Fsp3) is 0.462. The van der Waals surface area contributed by atoms with E-state index in [0.717, 1.165) is 5.92 Å². The number of benzene rings is 1. The molecule has 1 aliphatic carbocycles. The van der Waals surface area contributed by atoms with Gasteiger partial charge in [-0.05, 0) is 52.7 Å². The lowest BCUT2D eigenvalue weighted by Crippen LogP contribution is -2.29. The van der Waals surface area contributed by atoms with E-state index in [1.807, 2.05) is 0 Å². The van der Waals surface area contributed by atoms with Crippen LogP contribution in [0, 0.1) is 17.7 Å². The van der Waals surface area contributed by atoms with E-state index in [4.69, 9.17) is 0 Å². The Bertz CT molecular complexity index is 411. The van der Waals surface area contributed by atoms with Crippen molar-refractivity contribution in [2.75, 3.05) is 6.54 Å². The van der Waals surface area contributed by atoms with Crippen molar-refractivity contribution in [3.05, 3.63) is 34.1 Å². The van der Waals surface area contributed by atoms with Gasteiger partial charge in [-0.2, -0.15) is 0 Å². The Labute approximate surface area is 109 Å². The molecular weight excluding hydrogens is 285 g/mol. The third kappa shape index (κ3) is 3.06. The molecule has 0 saturated heterocycles. The molecule has 0 spiro atoms. The van der Waals surface area contributed by atoms with Crippen LogP contribution < -0.4 is 5.32 Å². The fourth-order valence-electron chi connectivity index (χ4n) is 1.89. The summed E-state index contributed by atoms with van der Waals surface area (Å²) in [4.78, 5) is 11.9. The molecule has 1 saturated carbocycles. The zero-order valence-electron chi connectivity index (χ0n) is 9.67. The topological polar surface area (TPSA) is 29.1 Å². The van der Waals surface area contributed by atoms with E-state index >= 15 is 0 Å². The van der Waals surface area contributed by atoms with Crippen molar-refractivity contribution in [2.24, 2.45) is 11.8 Å². The van der Waals surface area contributed by atoms with Crippen LogP contribution in [0.5, 0.6) is 0 Å². The van der Waals surface area contributed by atoms with Gasteiger partial charge in [0.25, 0.3) is 5.91 Å². The number of carbonyl (C=O) groups excluding carboxylic acids is 1. The molecule has 0 aromatic heterocycles. The SMILES string of the molecule is CC(CNC(=O)c1c(F)cccc1Br)C1CC1. The van der Waals surface area contributed by atoms with Crippen LogP contribution in [0.2, 0.25) is 0 Å². The minimum atomic E-state index is -0.490. The van der Waals surface area contributed by atoms with Crippen molar-refractivity contribution in [3.8, 4) is 0 Å². The average Bonchev–Trinajstić information content (AvgIpc) is 3.09. The summed E-state index contributed by atoms with van der Waals surface area (Å²) in [5.74, 6) is 0.377. The predicted molar refractivity (Wildman–Crippen MR) is 68.3 cm³/mol. The lowest BCUT2D eigenvalue weighted by atomic mass is 10.1. The van der Waals surface area contributed by atoms with Gasteiger partial charge >= 0.3 is 0 Å². The van der Waals surface area contributed by atoms with Gasteiger partial charge in [-0.3, -0.25) is 4.79 Å². The van der Waals surface area contributed by atoms with Crippen LogP contribution in [0.4, 0.5) is 4.39 Å². The molecule has 0 aliphatic heterocycles. The van der Waals surface area contributed by atoms with Gasteiger partial charge in [0.05, 0.1) is 5.56 Å². The molecule has 1 aromatic carbocycles. The fourth-order valence-corrected chi connectivity index (χ4v) is 2.41. The first-order chi connectivity index (χ1) is 8.09. The number of carbonyl (C=O) groups is 1. The number of rotatable bonds is 4. The average molecular weight is 300 g/mol. The third-order valence-electron chi connectivity index (χ3n) is 3.20. The highest BCUT2D eigenvalue weighted by Crippen LogP contribution is 2.36. The van der Waals surface area contributed by atoms with Gasteiger partial charge in [0.2, 0.25) is 0 Å². The van der Waals surface area contributed by atoms with Crippen LogP contribution in [0.1, 0.15) is 30.1 Å². The van der Waals surface area contributed by atoms with E-state index < -0.39 is 5.82 Å². The first-order valence-corrected chi connectivity index (χ1v) is 6.61. The second-order valence-corrected chi connectivity index (χ2v) is 5.48. The Kier molecular flexibility index (Phi) is 3.82. The second kappa shape index (κ2) is 5.17. The highest BCUT2D eigenvalue weighted by Gasteiger charge is 2.28. The van der Waals surface area contributed by atoms with Gasteiger partial charge in [-0.25, -0.2) is 4.39 Å². The van der Waals surface area contributed by atoms with E-state index in [9.17, 15) is 9.18 Å². The number of nitrogens with one attached hydrogen (secondary N) is 1. The van der Waals surface area contributed by atoms with Crippen molar-refractivity contribution in [3.63, 3.8) is 0 Å². The Morgan fingerprint density at radius 3 is 2.88 bits per heavy atom. The van der Waals surface area contributed by atoms with Crippen LogP contribution >= 0.6 is 15.9 Å². The lowest BCUT2D eigenvalue weighted by molar-refractivity contribution is 0.0942. The number of hydrogen-bond acceptors (Lipinski definition) is 1. The summed E-state index contributed by atoms with van der Waals surface area (Å²) in [5, 5.41) is 2.79. The number of amides is 1. The molecule has 1 N–H and O–H groups in total. The van der Waals surface area contributed by atoms with Crippen LogP contribution in [0.3, 0.4) is 0 Å². The molecule has 1 aliphatic rings. The molecule has 4 heteroatoms. The molecule has 2 rings (SSSR count). The summed E-state index contributed by atoms with van der Waals surface area (Å²) in [5.41, 5.74) is 0.0931. The molecule has 0 bridgehead atoms. The largest absolute Gasteiger partial charge is 0.352 e. The van der Waals surface area contributed by atoms with Gasteiger partial charge in [-0.15, -0.1) is 0 Å².